The minimum Gasteiger partial charge on any atom is -0.302 e. The number of thiophene rings is 1. The highest BCUT2D eigenvalue weighted by molar-refractivity contribution is 7.09. The number of nitrogens with one attached hydrogen (secondary N) is 1. The van der Waals surface area contributed by atoms with Gasteiger partial charge in [0.2, 0.25) is 0 Å². The van der Waals surface area contributed by atoms with Gasteiger partial charge in [-0.2, -0.15) is 11.3 Å². The summed E-state index contributed by atoms with van der Waals surface area (Å²) in [7, 11) is 0. The maximum atomic E-state index is 4.55. The molecule has 0 aliphatic rings. The van der Waals surface area contributed by atoms with Gasteiger partial charge in [-0.25, -0.2) is 4.98 Å². The Labute approximate surface area is 132 Å². The van der Waals surface area contributed by atoms with Gasteiger partial charge < -0.3 is 5.32 Å². The maximum absolute atomic E-state index is 4.55. The molecule has 0 radical (unpaired) electrons. The number of nitrogens with zero attached hydrogens (tertiary/aromatic N) is 2. The molecule has 1 N–H and O–H groups in total. The highest BCUT2D eigenvalue weighted by Gasteiger charge is 2.15. The van der Waals surface area contributed by atoms with Gasteiger partial charge >= 0.3 is 0 Å². The summed E-state index contributed by atoms with van der Waals surface area (Å²) in [4.78, 5) is 9.01. The number of aromatic nitrogens is 2. The van der Waals surface area contributed by atoms with Crippen LogP contribution in [0.15, 0.2) is 46.6 Å². The molecule has 0 unspecified atom stereocenters. The first kappa shape index (κ1) is 14.4. The van der Waals surface area contributed by atoms with Crippen LogP contribution in [0.3, 0.4) is 0 Å². The molecule has 0 saturated carbocycles. The van der Waals surface area contributed by atoms with E-state index in [0.717, 1.165) is 29.4 Å². The Balaban J connectivity index is 1.70. The number of rotatable bonds is 6. The standard InChI is InChI=1S/C16H17N3S2/c1-12-3-2-4-14(19-12)10-18-15(16-17-6-8-21-16)9-13-5-7-20-11-13/h2-8,11,15,18H,9-10H2,1H3/t15-/m0/s1. The van der Waals surface area contributed by atoms with E-state index in [-0.39, 0.29) is 6.04 Å². The normalized spacial score (nSPS) is 12.4. The molecule has 0 aliphatic carbocycles. The molecule has 108 valence electrons. The Morgan fingerprint density at radius 1 is 1.24 bits per heavy atom. The summed E-state index contributed by atoms with van der Waals surface area (Å²) in [5.74, 6) is 0. The number of pyridine rings is 1. The fourth-order valence-electron chi connectivity index (χ4n) is 2.22. The quantitative estimate of drug-likeness (QED) is 0.747. The van der Waals surface area contributed by atoms with Crippen molar-refractivity contribution in [1.29, 1.82) is 0 Å². The molecule has 5 heteroatoms. The molecule has 0 amide bonds. The Morgan fingerprint density at radius 3 is 2.90 bits per heavy atom. The van der Waals surface area contributed by atoms with Crippen LogP contribution in [0.2, 0.25) is 0 Å². The molecule has 21 heavy (non-hydrogen) atoms. The van der Waals surface area contributed by atoms with Crippen molar-refractivity contribution in [2.45, 2.75) is 25.9 Å². The molecule has 3 heterocycles. The lowest BCUT2D eigenvalue weighted by Gasteiger charge is -2.16. The molecule has 0 bridgehead atoms. The van der Waals surface area contributed by atoms with Crippen LogP contribution in [0.1, 0.15) is 28.0 Å². The second-order valence-electron chi connectivity index (χ2n) is 4.91. The number of hydrogen-bond donors (Lipinski definition) is 1. The van der Waals surface area contributed by atoms with Crippen LogP contribution in [0.25, 0.3) is 0 Å². The van der Waals surface area contributed by atoms with Crippen molar-refractivity contribution in [3.05, 3.63) is 68.6 Å². The Bertz CT molecular complexity index is 663. The molecule has 1 atom stereocenters. The zero-order valence-corrected chi connectivity index (χ0v) is 13.5. The van der Waals surface area contributed by atoms with Crippen LogP contribution in [-0.2, 0) is 13.0 Å². The number of aryl methyl sites for hydroxylation is 1. The van der Waals surface area contributed by atoms with Gasteiger partial charge in [-0.1, -0.05) is 6.07 Å². The average Bonchev–Trinajstić information content (AvgIpc) is 3.16. The van der Waals surface area contributed by atoms with Crippen LogP contribution >= 0.6 is 22.7 Å². The molecular weight excluding hydrogens is 298 g/mol. The van der Waals surface area contributed by atoms with Gasteiger partial charge in [-0.3, -0.25) is 4.98 Å². The predicted octanol–water partition coefficient (Wildman–Crippen LogP) is 3.98. The van der Waals surface area contributed by atoms with E-state index in [1.165, 1.54) is 5.56 Å². The van der Waals surface area contributed by atoms with E-state index < -0.39 is 0 Å². The summed E-state index contributed by atoms with van der Waals surface area (Å²) in [5.41, 5.74) is 3.48. The second-order valence-corrected chi connectivity index (χ2v) is 6.62. The summed E-state index contributed by atoms with van der Waals surface area (Å²) in [6.07, 6.45) is 2.83. The third-order valence-electron chi connectivity index (χ3n) is 3.25. The van der Waals surface area contributed by atoms with Gasteiger partial charge in [0.25, 0.3) is 0 Å². The largest absolute Gasteiger partial charge is 0.302 e. The third kappa shape index (κ3) is 3.97. The second kappa shape index (κ2) is 6.93. The van der Waals surface area contributed by atoms with E-state index in [9.17, 15) is 0 Å². The molecule has 3 nitrogen and oxygen atoms in total. The molecule has 3 rings (SSSR count). The van der Waals surface area contributed by atoms with Crippen molar-refractivity contribution in [2.24, 2.45) is 0 Å². The summed E-state index contributed by atoms with van der Waals surface area (Å²) >= 11 is 3.44. The predicted molar refractivity (Wildman–Crippen MR) is 88.7 cm³/mol. The van der Waals surface area contributed by atoms with E-state index in [1.54, 1.807) is 22.7 Å². The molecule has 0 aliphatic heterocycles. The van der Waals surface area contributed by atoms with Crippen molar-refractivity contribution in [1.82, 2.24) is 15.3 Å². The maximum Gasteiger partial charge on any atom is 0.110 e. The van der Waals surface area contributed by atoms with Crippen molar-refractivity contribution >= 4 is 22.7 Å². The van der Waals surface area contributed by atoms with Gasteiger partial charge in [0, 0.05) is 23.8 Å². The summed E-state index contributed by atoms with van der Waals surface area (Å²) in [5, 5.41) is 11.1. The lowest BCUT2D eigenvalue weighted by atomic mass is 10.1. The number of thiazole rings is 1. The third-order valence-corrected chi connectivity index (χ3v) is 4.87. The van der Waals surface area contributed by atoms with Crippen LogP contribution in [0.5, 0.6) is 0 Å². The first-order valence-electron chi connectivity index (χ1n) is 6.87. The molecule has 0 fully saturated rings. The Hall–Kier alpha value is -1.56. The van der Waals surface area contributed by atoms with E-state index in [2.05, 4.69) is 44.2 Å². The van der Waals surface area contributed by atoms with Crippen molar-refractivity contribution in [3.63, 3.8) is 0 Å². The summed E-state index contributed by atoms with van der Waals surface area (Å²) in [6, 6.07) is 8.55. The zero-order chi connectivity index (χ0) is 14.5. The molecular formula is C16H17N3S2. The van der Waals surface area contributed by atoms with Crippen molar-refractivity contribution in [3.8, 4) is 0 Å². The molecule has 0 saturated heterocycles. The van der Waals surface area contributed by atoms with Crippen molar-refractivity contribution < 1.29 is 0 Å². The van der Waals surface area contributed by atoms with Gasteiger partial charge in [0.1, 0.15) is 5.01 Å². The fraction of sp³-hybridized carbons (Fsp3) is 0.250. The Kier molecular flexibility index (Phi) is 4.75. The summed E-state index contributed by atoms with van der Waals surface area (Å²) < 4.78 is 0. The molecule has 3 aromatic heterocycles. The highest BCUT2D eigenvalue weighted by atomic mass is 32.1. The van der Waals surface area contributed by atoms with Crippen LogP contribution in [0, 0.1) is 6.92 Å². The average molecular weight is 315 g/mol. The number of hydrogen-bond acceptors (Lipinski definition) is 5. The van der Waals surface area contributed by atoms with Gasteiger partial charge in [0.15, 0.2) is 0 Å². The van der Waals surface area contributed by atoms with Crippen LogP contribution in [0.4, 0.5) is 0 Å². The fourth-order valence-corrected chi connectivity index (χ4v) is 3.62. The lowest BCUT2D eigenvalue weighted by molar-refractivity contribution is 0.523. The van der Waals surface area contributed by atoms with Gasteiger partial charge in [-0.15, -0.1) is 11.3 Å². The first-order chi connectivity index (χ1) is 10.3. The molecule has 0 aromatic carbocycles. The highest BCUT2D eigenvalue weighted by Crippen LogP contribution is 2.22. The van der Waals surface area contributed by atoms with Gasteiger partial charge in [0.05, 0.1) is 11.7 Å². The monoisotopic (exact) mass is 315 g/mol. The lowest BCUT2D eigenvalue weighted by Crippen LogP contribution is -2.23. The van der Waals surface area contributed by atoms with E-state index >= 15 is 0 Å². The van der Waals surface area contributed by atoms with E-state index in [0.29, 0.717) is 0 Å². The topological polar surface area (TPSA) is 37.8 Å². The van der Waals surface area contributed by atoms with Crippen LogP contribution < -0.4 is 5.32 Å². The first-order valence-corrected chi connectivity index (χ1v) is 8.70. The molecule has 0 spiro atoms. The van der Waals surface area contributed by atoms with E-state index in [4.69, 9.17) is 0 Å². The van der Waals surface area contributed by atoms with Crippen molar-refractivity contribution in [2.75, 3.05) is 0 Å². The smallest absolute Gasteiger partial charge is 0.110 e. The van der Waals surface area contributed by atoms with E-state index in [1.807, 2.05) is 24.6 Å². The minimum absolute atomic E-state index is 0.238. The minimum atomic E-state index is 0.238. The Morgan fingerprint density at radius 2 is 2.19 bits per heavy atom. The SMILES string of the molecule is Cc1cccc(CN[C@@H](Cc2ccsc2)c2nccs2)n1. The van der Waals surface area contributed by atoms with Gasteiger partial charge in [-0.05, 0) is 47.9 Å². The van der Waals surface area contributed by atoms with Crippen LogP contribution in [-0.4, -0.2) is 9.97 Å². The molecule has 3 aromatic rings. The zero-order valence-electron chi connectivity index (χ0n) is 11.8. The summed E-state index contributed by atoms with van der Waals surface area (Å²) in [6.45, 7) is 2.78.